The maximum atomic E-state index is 12.4. The van der Waals surface area contributed by atoms with Crippen molar-refractivity contribution in [3.8, 4) is 0 Å². The highest BCUT2D eigenvalue weighted by Crippen LogP contribution is 2.30. The molecule has 166 valence electrons. The fourth-order valence-corrected chi connectivity index (χ4v) is 6.66. The molecule has 0 radical (unpaired) electrons. The van der Waals surface area contributed by atoms with E-state index in [1.54, 1.807) is 48.5 Å². The number of amides is 4. The van der Waals surface area contributed by atoms with Crippen molar-refractivity contribution >= 4 is 58.5 Å². The van der Waals surface area contributed by atoms with Gasteiger partial charge in [0.25, 0.3) is 23.6 Å². The summed E-state index contributed by atoms with van der Waals surface area (Å²) in [6.45, 7) is 0.581. The van der Waals surface area contributed by atoms with E-state index in [1.807, 2.05) is 0 Å². The van der Waals surface area contributed by atoms with Crippen LogP contribution in [0.5, 0.6) is 0 Å². The molecule has 2 aliphatic rings. The van der Waals surface area contributed by atoms with Gasteiger partial charge in [0.05, 0.1) is 22.3 Å². The van der Waals surface area contributed by atoms with E-state index < -0.39 is 0 Å². The van der Waals surface area contributed by atoms with Crippen molar-refractivity contribution in [2.75, 3.05) is 24.6 Å². The van der Waals surface area contributed by atoms with Crippen LogP contribution in [0.1, 0.15) is 41.4 Å². The van der Waals surface area contributed by atoms with Gasteiger partial charge < -0.3 is 0 Å². The van der Waals surface area contributed by atoms with E-state index in [2.05, 4.69) is 10.2 Å². The Morgan fingerprint density at radius 1 is 0.606 bits per heavy atom. The number of thioether (sulfide) groups is 2. The zero-order chi connectivity index (χ0) is 22.9. The second-order valence-electron chi connectivity index (χ2n) is 7.15. The quantitative estimate of drug-likeness (QED) is 0.346. The lowest BCUT2D eigenvalue weighted by molar-refractivity contribution is 0.0648. The average molecular weight is 497 g/mol. The first-order chi connectivity index (χ1) is 16.0. The van der Waals surface area contributed by atoms with Gasteiger partial charge in [0, 0.05) is 24.6 Å². The van der Waals surface area contributed by atoms with Gasteiger partial charge in [-0.1, -0.05) is 59.1 Å². The zero-order valence-corrected chi connectivity index (χ0v) is 19.5. The molecular weight excluding hydrogens is 480 g/mol. The summed E-state index contributed by atoms with van der Waals surface area (Å²) >= 11 is 4.26. The van der Waals surface area contributed by atoms with E-state index in [1.165, 1.54) is 44.7 Å². The van der Waals surface area contributed by atoms with Crippen LogP contribution in [-0.2, 0) is 0 Å². The normalized spacial score (nSPS) is 14.9. The first-order valence-electron chi connectivity index (χ1n) is 10.0. The van der Waals surface area contributed by atoms with Gasteiger partial charge in [-0.2, -0.15) is 0 Å². The summed E-state index contributed by atoms with van der Waals surface area (Å²) in [5.41, 5.74) is 1.78. The van der Waals surface area contributed by atoms with Crippen molar-refractivity contribution in [1.82, 2.24) is 20.0 Å². The number of nitrogens with zero attached hydrogens (tertiary/aromatic N) is 4. The van der Waals surface area contributed by atoms with E-state index in [4.69, 9.17) is 0 Å². The van der Waals surface area contributed by atoms with Crippen LogP contribution in [-0.4, -0.2) is 68.2 Å². The van der Waals surface area contributed by atoms with Crippen LogP contribution in [0.2, 0.25) is 0 Å². The van der Waals surface area contributed by atoms with E-state index >= 15 is 0 Å². The molecule has 0 N–H and O–H groups in total. The molecular formula is C22H16N4O4S3. The summed E-state index contributed by atoms with van der Waals surface area (Å²) in [6.07, 6.45) is 0. The van der Waals surface area contributed by atoms with Gasteiger partial charge in [-0.15, -0.1) is 10.2 Å². The van der Waals surface area contributed by atoms with Crippen molar-refractivity contribution in [3.63, 3.8) is 0 Å². The van der Waals surface area contributed by atoms with Gasteiger partial charge in [-0.25, -0.2) is 0 Å². The largest absolute Gasteiger partial charge is 0.273 e. The molecule has 0 atom stereocenters. The van der Waals surface area contributed by atoms with Gasteiger partial charge in [-0.05, 0) is 24.3 Å². The number of benzene rings is 2. The highest BCUT2D eigenvalue weighted by atomic mass is 32.2. The molecule has 0 saturated carbocycles. The Bertz CT molecular complexity index is 1130. The third kappa shape index (κ3) is 4.07. The minimum atomic E-state index is -0.266. The predicted molar refractivity (Wildman–Crippen MR) is 125 cm³/mol. The second kappa shape index (κ2) is 9.08. The van der Waals surface area contributed by atoms with E-state index in [0.717, 1.165) is 8.68 Å². The van der Waals surface area contributed by atoms with Crippen molar-refractivity contribution in [2.24, 2.45) is 0 Å². The molecule has 5 rings (SSSR count). The number of carbonyl (C=O) groups excluding carboxylic acids is 4. The molecule has 0 saturated heterocycles. The Kier molecular flexibility index (Phi) is 6.00. The summed E-state index contributed by atoms with van der Waals surface area (Å²) in [6, 6.07) is 13.7. The van der Waals surface area contributed by atoms with Crippen molar-refractivity contribution in [3.05, 3.63) is 70.8 Å². The van der Waals surface area contributed by atoms with Crippen molar-refractivity contribution < 1.29 is 19.2 Å². The van der Waals surface area contributed by atoms with Crippen molar-refractivity contribution in [2.45, 2.75) is 8.68 Å². The molecule has 3 heterocycles. The Morgan fingerprint density at radius 3 is 1.27 bits per heavy atom. The molecule has 3 aromatic rings. The number of hydrogen-bond acceptors (Lipinski definition) is 9. The molecule has 0 unspecified atom stereocenters. The minimum Gasteiger partial charge on any atom is -0.273 e. The van der Waals surface area contributed by atoms with Crippen LogP contribution in [0, 0.1) is 0 Å². The van der Waals surface area contributed by atoms with Crippen LogP contribution in [0.3, 0.4) is 0 Å². The molecule has 0 bridgehead atoms. The number of carbonyl (C=O) groups is 4. The number of imide groups is 2. The minimum absolute atomic E-state index is 0.266. The van der Waals surface area contributed by atoms with Crippen LogP contribution < -0.4 is 0 Å². The maximum Gasteiger partial charge on any atom is 0.261 e. The standard InChI is InChI=1S/C22H16N4O4S3/c27-17-13-5-1-2-6-14(13)18(28)25(17)9-11-31-21-23-24-22(33-21)32-12-10-26-19(29)15-7-3-4-8-16(15)20(26)30/h1-8H,9-12H2. The molecule has 2 aliphatic heterocycles. The molecule has 11 heteroatoms. The maximum absolute atomic E-state index is 12.4. The van der Waals surface area contributed by atoms with Gasteiger partial charge >= 0.3 is 0 Å². The number of aromatic nitrogens is 2. The Morgan fingerprint density at radius 2 is 0.939 bits per heavy atom. The molecule has 2 aromatic carbocycles. The Hall–Kier alpha value is -3.02. The van der Waals surface area contributed by atoms with Gasteiger partial charge in [0.15, 0.2) is 8.68 Å². The number of rotatable bonds is 8. The lowest BCUT2D eigenvalue weighted by Gasteiger charge is -2.12. The van der Waals surface area contributed by atoms with E-state index in [0.29, 0.717) is 46.8 Å². The van der Waals surface area contributed by atoms with Crippen LogP contribution in [0.4, 0.5) is 0 Å². The van der Waals surface area contributed by atoms with E-state index in [9.17, 15) is 19.2 Å². The van der Waals surface area contributed by atoms with Crippen LogP contribution in [0.15, 0.2) is 57.2 Å². The highest BCUT2D eigenvalue weighted by Gasteiger charge is 2.35. The summed E-state index contributed by atoms with van der Waals surface area (Å²) in [5, 5.41) is 8.29. The average Bonchev–Trinajstić information content (AvgIpc) is 3.46. The molecule has 33 heavy (non-hydrogen) atoms. The predicted octanol–water partition coefficient (Wildman–Crippen LogP) is 3.31. The Balaban J connectivity index is 1.10. The SMILES string of the molecule is O=C1c2ccccc2C(=O)N1CCSc1nnc(SCCN2C(=O)c3ccccc3C2=O)s1. The van der Waals surface area contributed by atoms with Crippen molar-refractivity contribution in [1.29, 1.82) is 0 Å². The summed E-state index contributed by atoms with van der Waals surface area (Å²) in [7, 11) is 0. The van der Waals surface area contributed by atoms with Gasteiger partial charge in [0.1, 0.15) is 0 Å². The summed E-state index contributed by atoms with van der Waals surface area (Å²) in [5.74, 6) is -0.0361. The molecule has 8 nitrogen and oxygen atoms in total. The summed E-state index contributed by atoms with van der Waals surface area (Å²) in [4.78, 5) is 52.2. The molecule has 0 fully saturated rings. The van der Waals surface area contributed by atoms with Crippen LogP contribution in [0.25, 0.3) is 0 Å². The first kappa shape index (κ1) is 21.8. The lowest BCUT2D eigenvalue weighted by Crippen LogP contribution is -2.31. The van der Waals surface area contributed by atoms with Gasteiger partial charge in [0.2, 0.25) is 0 Å². The topological polar surface area (TPSA) is 101 Å². The molecule has 0 aliphatic carbocycles. The fourth-order valence-electron chi connectivity index (χ4n) is 3.65. The van der Waals surface area contributed by atoms with E-state index in [-0.39, 0.29) is 23.6 Å². The third-order valence-corrected chi connectivity index (χ3v) is 8.38. The van der Waals surface area contributed by atoms with Crippen LogP contribution >= 0.6 is 34.9 Å². The first-order valence-corrected chi connectivity index (χ1v) is 12.8. The molecule has 1 aromatic heterocycles. The Labute approximate surface area is 201 Å². The monoisotopic (exact) mass is 496 g/mol. The summed E-state index contributed by atoms with van der Waals surface area (Å²) < 4.78 is 1.46. The number of hydrogen-bond donors (Lipinski definition) is 0. The smallest absolute Gasteiger partial charge is 0.261 e. The number of fused-ring (bicyclic) bond motifs is 2. The van der Waals surface area contributed by atoms with Gasteiger partial charge in [-0.3, -0.25) is 29.0 Å². The zero-order valence-electron chi connectivity index (χ0n) is 17.1. The molecule has 0 spiro atoms. The highest BCUT2D eigenvalue weighted by molar-refractivity contribution is 8.03. The third-order valence-electron chi connectivity index (χ3n) is 5.23. The second-order valence-corrected chi connectivity index (χ2v) is 10.8. The lowest BCUT2D eigenvalue weighted by atomic mass is 10.1. The fraction of sp³-hybridized carbons (Fsp3) is 0.182. The molecule has 4 amide bonds.